The Hall–Kier alpha value is -2.38. The zero-order chi connectivity index (χ0) is 24.0. The van der Waals surface area contributed by atoms with E-state index in [1.165, 1.54) is 0 Å². The van der Waals surface area contributed by atoms with E-state index in [1.54, 1.807) is 0 Å². The highest BCUT2D eigenvalue weighted by Gasteiger charge is 2.86. The molecular formula is C18H25NO11. The molecule has 30 heavy (non-hydrogen) atoms. The van der Waals surface area contributed by atoms with E-state index in [9.17, 15) is 49.2 Å². The molecule has 0 aliphatic carbocycles. The minimum atomic E-state index is -3.79. The number of carbonyl (C=O) groups excluding carboxylic acids is 6. The van der Waals surface area contributed by atoms with Crippen LogP contribution in [-0.2, 0) is 33.5 Å². The number of ether oxygens (including phenoxy) is 1. The Morgan fingerprint density at radius 2 is 1.20 bits per heavy atom. The van der Waals surface area contributed by atoms with Crippen molar-refractivity contribution < 1.29 is 53.9 Å². The van der Waals surface area contributed by atoms with Gasteiger partial charge in [0.15, 0.2) is 34.3 Å². The smallest absolute Gasteiger partial charge is 0.262 e. The summed E-state index contributed by atoms with van der Waals surface area (Å²) in [5, 5.41) is 43.6. The number of rotatable bonds is 6. The number of Topliss-reactive ketones (excluding diaryl/α,β-unsaturated/α-hetero) is 4. The maximum atomic E-state index is 13.0. The van der Waals surface area contributed by atoms with Crippen LogP contribution in [0.15, 0.2) is 0 Å². The lowest BCUT2D eigenvalue weighted by atomic mass is 9.55. The van der Waals surface area contributed by atoms with Crippen LogP contribution in [0.1, 0.15) is 41.5 Å². The number of carbonyl (C=O) groups is 6. The molecule has 168 valence electrons. The molecule has 1 unspecified atom stereocenters. The van der Waals surface area contributed by atoms with Gasteiger partial charge in [-0.15, -0.1) is 0 Å². The molecule has 0 saturated carbocycles. The first-order chi connectivity index (χ1) is 13.5. The second-order valence-electron chi connectivity index (χ2n) is 7.22. The van der Waals surface area contributed by atoms with Gasteiger partial charge in [-0.3, -0.25) is 33.7 Å². The summed E-state index contributed by atoms with van der Waals surface area (Å²) >= 11 is 0. The van der Waals surface area contributed by atoms with Gasteiger partial charge in [0.25, 0.3) is 5.79 Å². The SMILES string of the molecule is CC(=O)N(C(C)=O)[C@@]1(C(C)=O)C(O)(C(C)=O)O[C@H](CO)[C@@](O)(C(C)=O)[C@@]1(O)C(C)=O. The molecule has 12 nitrogen and oxygen atoms in total. The third-order valence-corrected chi connectivity index (χ3v) is 5.51. The summed E-state index contributed by atoms with van der Waals surface area (Å²) in [4.78, 5) is 75.3. The minimum Gasteiger partial charge on any atom is -0.394 e. The molecule has 4 N–H and O–H groups in total. The Balaban J connectivity index is 4.52. The Labute approximate surface area is 171 Å². The lowest BCUT2D eigenvalue weighted by Gasteiger charge is -2.63. The van der Waals surface area contributed by atoms with Crippen LogP contribution < -0.4 is 0 Å². The van der Waals surface area contributed by atoms with Crippen LogP contribution in [0, 0.1) is 0 Å². The Morgan fingerprint density at radius 3 is 1.43 bits per heavy atom. The quantitative estimate of drug-likeness (QED) is 0.335. The van der Waals surface area contributed by atoms with Gasteiger partial charge in [0.2, 0.25) is 17.4 Å². The lowest BCUT2D eigenvalue weighted by Crippen LogP contribution is -2.94. The molecule has 1 fully saturated rings. The number of nitrogens with zero attached hydrogens (tertiary/aromatic N) is 1. The Morgan fingerprint density at radius 1 is 0.767 bits per heavy atom. The minimum absolute atomic E-state index is 0.0976. The molecule has 0 radical (unpaired) electrons. The molecule has 1 aliphatic heterocycles. The van der Waals surface area contributed by atoms with Gasteiger partial charge in [0.1, 0.15) is 6.10 Å². The van der Waals surface area contributed by atoms with Crippen LogP contribution in [0.2, 0.25) is 0 Å². The number of amides is 2. The lowest BCUT2D eigenvalue weighted by molar-refractivity contribution is -0.369. The number of ketones is 4. The van der Waals surface area contributed by atoms with Crippen LogP contribution in [0.3, 0.4) is 0 Å². The molecule has 2 amide bonds. The number of aliphatic hydroxyl groups is 4. The monoisotopic (exact) mass is 431 g/mol. The zero-order valence-electron chi connectivity index (χ0n) is 17.4. The van der Waals surface area contributed by atoms with E-state index in [4.69, 9.17) is 4.74 Å². The van der Waals surface area contributed by atoms with Crippen LogP contribution in [0.5, 0.6) is 0 Å². The largest absolute Gasteiger partial charge is 0.394 e. The maximum Gasteiger partial charge on any atom is 0.262 e. The fourth-order valence-electron chi connectivity index (χ4n) is 4.30. The number of hydrogen-bond acceptors (Lipinski definition) is 11. The van der Waals surface area contributed by atoms with Gasteiger partial charge >= 0.3 is 0 Å². The number of hydrogen-bond donors (Lipinski definition) is 4. The summed E-state index contributed by atoms with van der Waals surface area (Å²) in [5.74, 6) is -12.2. The highest BCUT2D eigenvalue weighted by atomic mass is 16.7. The van der Waals surface area contributed by atoms with E-state index in [1.807, 2.05) is 0 Å². The molecule has 1 aliphatic rings. The van der Waals surface area contributed by atoms with Gasteiger partial charge in [0, 0.05) is 20.8 Å². The molecule has 1 saturated heterocycles. The fraction of sp³-hybridized carbons (Fsp3) is 0.667. The van der Waals surface area contributed by atoms with Gasteiger partial charge in [0.05, 0.1) is 6.61 Å². The fourth-order valence-corrected chi connectivity index (χ4v) is 4.30. The molecule has 5 atom stereocenters. The maximum absolute atomic E-state index is 13.0. The van der Waals surface area contributed by atoms with E-state index >= 15 is 0 Å². The van der Waals surface area contributed by atoms with Crippen LogP contribution in [0.25, 0.3) is 0 Å². The normalized spacial score (nSPS) is 36.0. The molecule has 1 heterocycles. The highest BCUT2D eigenvalue weighted by molar-refractivity contribution is 6.14. The summed E-state index contributed by atoms with van der Waals surface area (Å²) < 4.78 is 5.07. The van der Waals surface area contributed by atoms with Gasteiger partial charge in [-0.2, -0.15) is 0 Å². The third kappa shape index (κ3) is 2.72. The second kappa shape index (κ2) is 7.71. The van der Waals surface area contributed by atoms with Crippen LogP contribution in [0.4, 0.5) is 0 Å². The molecule has 0 spiro atoms. The van der Waals surface area contributed by atoms with Crippen molar-refractivity contribution in [3.8, 4) is 0 Å². The van der Waals surface area contributed by atoms with Crippen LogP contribution in [-0.4, -0.2) is 95.5 Å². The first-order valence-corrected chi connectivity index (χ1v) is 8.77. The average Bonchev–Trinajstić information content (AvgIpc) is 2.59. The molecule has 0 bridgehead atoms. The number of imide groups is 1. The van der Waals surface area contributed by atoms with Crippen molar-refractivity contribution in [2.75, 3.05) is 6.61 Å². The van der Waals surface area contributed by atoms with E-state index < -0.39 is 70.2 Å². The molecule has 0 aromatic carbocycles. The molecule has 0 aromatic heterocycles. The van der Waals surface area contributed by atoms with Crippen LogP contribution >= 0.6 is 0 Å². The van der Waals surface area contributed by atoms with Crippen molar-refractivity contribution in [2.45, 2.75) is 70.2 Å². The predicted octanol–water partition coefficient (Wildman–Crippen LogP) is -2.98. The van der Waals surface area contributed by atoms with E-state index in [0.717, 1.165) is 13.8 Å². The summed E-state index contributed by atoms with van der Waals surface area (Å²) in [6.07, 6.45) is -2.30. The summed E-state index contributed by atoms with van der Waals surface area (Å²) in [6.45, 7) is 2.68. The van der Waals surface area contributed by atoms with Crippen molar-refractivity contribution in [1.82, 2.24) is 4.90 Å². The van der Waals surface area contributed by atoms with E-state index in [-0.39, 0.29) is 4.90 Å². The van der Waals surface area contributed by atoms with Crippen molar-refractivity contribution >= 4 is 34.9 Å². The van der Waals surface area contributed by atoms with E-state index in [0.29, 0.717) is 27.7 Å². The first kappa shape index (κ1) is 25.7. The molecule has 0 aromatic rings. The summed E-state index contributed by atoms with van der Waals surface area (Å²) in [7, 11) is 0. The molecular weight excluding hydrogens is 406 g/mol. The topological polar surface area (TPSA) is 196 Å². The van der Waals surface area contributed by atoms with Gasteiger partial charge in [-0.05, 0) is 20.8 Å². The predicted molar refractivity (Wildman–Crippen MR) is 95.5 cm³/mol. The standard InChI is InChI=1S/C18H25NO11/c1-8(21)15(27)14(7-20)30-18(29,11(4)24)16(9(2)22,17(15,28)10(3)23)19(12(5)25)13(6)26/h14,20,27-29H,7H2,1-6H3/t14-,15+,16-,17+,18?/m1/s1. The number of aliphatic hydroxyl groups excluding tert-OH is 1. The van der Waals surface area contributed by atoms with Crippen molar-refractivity contribution in [3.05, 3.63) is 0 Å². The van der Waals surface area contributed by atoms with Gasteiger partial charge in [-0.1, -0.05) is 0 Å². The average molecular weight is 431 g/mol. The van der Waals surface area contributed by atoms with Gasteiger partial charge in [-0.25, -0.2) is 0 Å². The third-order valence-electron chi connectivity index (χ3n) is 5.51. The Bertz CT molecular complexity index is 824. The molecule has 12 heteroatoms. The highest BCUT2D eigenvalue weighted by Crippen LogP contribution is 2.53. The second-order valence-corrected chi connectivity index (χ2v) is 7.22. The first-order valence-electron chi connectivity index (χ1n) is 8.77. The van der Waals surface area contributed by atoms with Crippen molar-refractivity contribution in [3.63, 3.8) is 0 Å². The zero-order valence-corrected chi connectivity index (χ0v) is 17.4. The van der Waals surface area contributed by atoms with E-state index in [2.05, 4.69) is 0 Å². The van der Waals surface area contributed by atoms with Gasteiger partial charge < -0.3 is 25.2 Å². The summed E-state index contributed by atoms with van der Waals surface area (Å²) in [6, 6.07) is 0. The Kier molecular flexibility index (Phi) is 6.59. The van der Waals surface area contributed by atoms with Crippen molar-refractivity contribution in [1.29, 1.82) is 0 Å². The van der Waals surface area contributed by atoms with Crippen molar-refractivity contribution in [2.24, 2.45) is 0 Å². The summed E-state index contributed by atoms with van der Waals surface area (Å²) in [5.41, 5.74) is -10.9. The molecule has 1 rings (SSSR count).